The van der Waals surface area contributed by atoms with E-state index in [1.807, 2.05) is 34.9 Å². The van der Waals surface area contributed by atoms with Crippen LogP contribution in [0.15, 0.2) is 41.4 Å². The van der Waals surface area contributed by atoms with E-state index >= 15 is 0 Å². The number of fused-ring (bicyclic) bond motifs is 2. The number of methoxy groups -OCH3 is 1. The van der Waals surface area contributed by atoms with E-state index in [-0.39, 0.29) is 5.91 Å². The van der Waals surface area contributed by atoms with Crippen molar-refractivity contribution in [2.45, 2.75) is 6.54 Å². The molecule has 2 aromatic carbocycles. The van der Waals surface area contributed by atoms with Crippen LogP contribution in [-0.2, 0) is 11.3 Å². The highest BCUT2D eigenvalue weighted by atomic mass is 35.5. The molecule has 0 aliphatic heterocycles. The van der Waals surface area contributed by atoms with Crippen LogP contribution in [0.5, 0.6) is 0 Å². The molecule has 0 saturated heterocycles. The molecule has 4 rings (SSSR count). The number of nitrogens with zero attached hydrogens (tertiary/aromatic N) is 2. The lowest BCUT2D eigenvalue weighted by atomic mass is 10.2. The molecule has 0 unspecified atom stereocenters. The number of rotatable bonds is 4. The van der Waals surface area contributed by atoms with E-state index in [2.05, 4.69) is 4.99 Å². The summed E-state index contributed by atoms with van der Waals surface area (Å²) in [7, 11) is 1.61. The van der Waals surface area contributed by atoms with Crippen molar-refractivity contribution >= 4 is 83.7 Å². The summed E-state index contributed by atoms with van der Waals surface area (Å²) in [6, 6.07) is 11.2. The maximum Gasteiger partial charge on any atom is 0.291 e. The number of hydrogen-bond acceptors (Lipinski definition) is 4. The summed E-state index contributed by atoms with van der Waals surface area (Å²) in [5, 5.41) is 2.16. The SMILES string of the molecule is COCCn1c(=NC(=O)c2sc3ccccc3c2Cl)sc2ccc(Cl)c(Cl)c21. The molecule has 144 valence electrons. The van der Waals surface area contributed by atoms with Gasteiger partial charge in [-0.25, -0.2) is 0 Å². The van der Waals surface area contributed by atoms with Crippen LogP contribution >= 0.6 is 57.5 Å². The maximum absolute atomic E-state index is 12.9. The zero-order chi connectivity index (χ0) is 19.8. The summed E-state index contributed by atoms with van der Waals surface area (Å²) in [5.41, 5.74) is 0.741. The Labute approximate surface area is 183 Å². The molecule has 28 heavy (non-hydrogen) atoms. The summed E-state index contributed by atoms with van der Waals surface area (Å²) in [6.07, 6.45) is 0. The molecule has 4 nitrogen and oxygen atoms in total. The largest absolute Gasteiger partial charge is 0.383 e. The second kappa shape index (κ2) is 8.14. The molecule has 0 atom stereocenters. The third-order valence-electron chi connectivity index (χ3n) is 4.18. The number of amides is 1. The third kappa shape index (κ3) is 3.49. The van der Waals surface area contributed by atoms with Crippen LogP contribution < -0.4 is 4.80 Å². The van der Waals surface area contributed by atoms with Crippen molar-refractivity contribution in [2.24, 2.45) is 4.99 Å². The molecule has 0 aliphatic carbocycles. The average Bonchev–Trinajstić information content (AvgIpc) is 3.21. The van der Waals surface area contributed by atoms with Crippen molar-refractivity contribution < 1.29 is 9.53 Å². The van der Waals surface area contributed by atoms with E-state index in [9.17, 15) is 4.79 Å². The standard InChI is InChI=1S/C19H13Cl3N2O2S2/c1-26-9-8-24-16-13(7-6-11(20)15(16)22)28-19(24)23-18(25)17-14(21)10-4-2-3-5-12(10)27-17/h2-7H,8-9H2,1H3. The summed E-state index contributed by atoms with van der Waals surface area (Å²) in [5.74, 6) is -0.383. The summed E-state index contributed by atoms with van der Waals surface area (Å²) in [6.45, 7) is 0.933. The number of thiazole rings is 1. The lowest BCUT2D eigenvalue weighted by molar-refractivity contribution is 0.100. The van der Waals surface area contributed by atoms with Gasteiger partial charge in [-0.2, -0.15) is 4.99 Å². The van der Waals surface area contributed by atoms with E-state index in [4.69, 9.17) is 39.5 Å². The van der Waals surface area contributed by atoms with Gasteiger partial charge in [-0.3, -0.25) is 4.79 Å². The fourth-order valence-electron chi connectivity index (χ4n) is 2.87. The minimum Gasteiger partial charge on any atom is -0.383 e. The average molecular weight is 472 g/mol. The molecule has 0 radical (unpaired) electrons. The highest BCUT2D eigenvalue weighted by molar-refractivity contribution is 7.21. The molecule has 0 fully saturated rings. The zero-order valence-electron chi connectivity index (χ0n) is 14.5. The van der Waals surface area contributed by atoms with Gasteiger partial charge in [0.15, 0.2) is 4.80 Å². The van der Waals surface area contributed by atoms with Crippen molar-refractivity contribution in [2.75, 3.05) is 13.7 Å². The minimum atomic E-state index is -0.383. The van der Waals surface area contributed by atoms with Crippen LogP contribution in [0.25, 0.3) is 20.3 Å². The Morgan fingerprint density at radius 3 is 2.61 bits per heavy atom. The quantitative estimate of drug-likeness (QED) is 0.352. The molecular formula is C19H13Cl3N2O2S2. The van der Waals surface area contributed by atoms with Crippen molar-refractivity contribution in [1.82, 2.24) is 4.57 Å². The Bertz CT molecular complexity index is 1270. The van der Waals surface area contributed by atoms with Crippen molar-refractivity contribution in [1.29, 1.82) is 0 Å². The van der Waals surface area contributed by atoms with Gasteiger partial charge in [0.1, 0.15) is 4.88 Å². The molecule has 0 bridgehead atoms. The topological polar surface area (TPSA) is 43.6 Å². The Kier molecular flexibility index (Phi) is 5.78. The van der Waals surface area contributed by atoms with Gasteiger partial charge in [0, 0.05) is 23.7 Å². The predicted octanol–water partition coefficient (Wildman–Crippen LogP) is 6.27. The Hall–Kier alpha value is -1.41. The lowest BCUT2D eigenvalue weighted by Gasteiger charge is -2.06. The molecule has 0 saturated carbocycles. The molecule has 0 aliphatic rings. The first-order valence-corrected chi connectivity index (χ1v) is 11.0. The number of carbonyl (C=O) groups excluding carboxylic acids is 1. The Balaban J connectivity index is 1.89. The van der Waals surface area contributed by atoms with Crippen LogP contribution in [0.1, 0.15) is 9.67 Å². The fourth-order valence-corrected chi connectivity index (χ4v) is 5.80. The number of aromatic nitrogens is 1. The van der Waals surface area contributed by atoms with E-state index in [1.54, 1.807) is 13.2 Å². The first-order valence-electron chi connectivity index (χ1n) is 8.23. The lowest BCUT2D eigenvalue weighted by Crippen LogP contribution is -2.19. The number of hydrogen-bond donors (Lipinski definition) is 0. The summed E-state index contributed by atoms with van der Waals surface area (Å²) >= 11 is 21.7. The minimum absolute atomic E-state index is 0.383. The van der Waals surface area contributed by atoms with Crippen LogP contribution in [0.2, 0.25) is 15.1 Å². The number of carbonyl (C=O) groups is 1. The molecule has 4 aromatic rings. The van der Waals surface area contributed by atoms with E-state index in [1.165, 1.54) is 22.7 Å². The number of ether oxygens (including phenoxy) is 1. The van der Waals surface area contributed by atoms with Gasteiger partial charge < -0.3 is 9.30 Å². The fraction of sp³-hybridized carbons (Fsp3) is 0.158. The molecule has 2 aromatic heterocycles. The molecule has 2 heterocycles. The van der Waals surface area contributed by atoms with E-state index in [0.29, 0.717) is 37.9 Å². The van der Waals surface area contributed by atoms with Crippen LogP contribution in [-0.4, -0.2) is 24.2 Å². The number of thiophene rings is 1. The Morgan fingerprint density at radius 2 is 1.86 bits per heavy atom. The van der Waals surface area contributed by atoms with Crippen molar-refractivity contribution in [3.8, 4) is 0 Å². The van der Waals surface area contributed by atoms with Crippen LogP contribution in [0.3, 0.4) is 0 Å². The Morgan fingerprint density at radius 1 is 1.07 bits per heavy atom. The van der Waals surface area contributed by atoms with Gasteiger partial charge in [0.05, 0.1) is 31.9 Å². The first-order chi connectivity index (χ1) is 13.5. The predicted molar refractivity (Wildman–Crippen MR) is 118 cm³/mol. The summed E-state index contributed by atoms with van der Waals surface area (Å²) < 4.78 is 8.89. The third-order valence-corrected chi connectivity index (χ3v) is 7.68. The molecule has 0 spiro atoms. The molecule has 9 heteroatoms. The van der Waals surface area contributed by atoms with Gasteiger partial charge in [-0.1, -0.05) is 64.3 Å². The van der Waals surface area contributed by atoms with Crippen LogP contribution in [0, 0.1) is 0 Å². The van der Waals surface area contributed by atoms with Crippen molar-refractivity contribution in [3.05, 3.63) is 61.1 Å². The maximum atomic E-state index is 12.9. The normalized spacial score (nSPS) is 12.4. The highest BCUT2D eigenvalue weighted by Gasteiger charge is 2.18. The highest BCUT2D eigenvalue weighted by Crippen LogP contribution is 2.36. The summed E-state index contributed by atoms with van der Waals surface area (Å²) in [4.78, 5) is 18.2. The number of benzene rings is 2. The van der Waals surface area contributed by atoms with Gasteiger partial charge >= 0.3 is 0 Å². The van der Waals surface area contributed by atoms with Crippen molar-refractivity contribution in [3.63, 3.8) is 0 Å². The molecular weight excluding hydrogens is 459 g/mol. The van der Waals surface area contributed by atoms with E-state index in [0.717, 1.165) is 20.3 Å². The monoisotopic (exact) mass is 470 g/mol. The molecule has 1 amide bonds. The second-order valence-electron chi connectivity index (χ2n) is 5.90. The molecule has 0 N–H and O–H groups in total. The van der Waals surface area contributed by atoms with Gasteiger partial charge in [-0.05, 0) is 18.2 Å². The smallest absolute Gasteiger partial charge is 0.291 e. The van der Waals surface area contributed by atoms with E-state index < -0.39 is 0 Å². The zero-order valence-corrected chi connectivity index (χ0v) is 18.4. The number of halogens is 3. The second-order valence-corrected chi connectivity index (χ2v) is 9.12. The van der Waals surface area contributed by atoms with Crippen LogP contribution in [0.4, 0.5) is 0 Å². The first kappa shape index (κ1) is 19.9. The van der Waals surface area contributed by atoms with Gasteiger partial charge in [0.2, 0.25) is 0 Å². The van der Waals surface area contributed by atoms with Gasteiger partial charge in [-0.15, -0.1) is 11.3 Å². The van der Waals surface area contributed by atoms with Gasteiger partial charge in [0.25, 0.3) is 5.91 Å².